The van der Waals surface area contributed by atoms with Crippen LogP contribution in [0.4, 0.5) is 0 Å². The summed E-state index contributed by atoms with van der Waals surface area (Å²) in [6.45, 7) is 8.08. The van der Waals surface area contributed by atoms with Crippen molar-refractivity contribution in [1.82, 2.24) is 0 Å². The lowest BCUT2D eigenvalue weighted by Crippen LogP contribution is -2.37. The van der Waals surface area contributed by atoms with E-state index < -0.39 is 0 Å². The van der Waals surface area contributed by atoms with Crippen LogP contribution in [0.5, 0.6) is 5.75 Å². The van der Waals surface area contributed by atoms with Crippen molar-refractivity contribution in [2.45, 2.75) is 39.2 Å². The molecular formula is C15H25NO2. The van der Waals surface area contributed by atoms with Gasteiger partial charge in [-0.25, -0.2) is 0 Å². The molecule has 3 heteroatoms. The van der Waals surface area contributed by atoms with E-state index in [2.05, 4.69) is 13.0 Å². The molecule has 0 atom stereocenters. The fraction of sp³-hybridized carbons (Fsp3) is 0.600. The number of para-hydroxylation sites is 1. The van der Waals surface area contributed by atoms with Crippen molar-refractivity contribution >= 4 is 0 Å². The topological polar surface area (TPSA) is 44.5 Å². The lowest BCUT2D eigenvalue weighted by molar-refractivity contribution is 0.0919. The maximum atomic E-state index is 5.82. The quantitative estimate of drug-likeness (QED) is 0.722. The molecule has 1 aromatic rings. The van der Waals surface area contributed by atoms with E-state index in [1.54, 1.807) is 0 Å². The molecule has 0 radical (unpaired) electrons. The summed E-state index contributed by atoms with van der Waals surface area (Å²) in [6, 6.07) is 8.07. The minimum absolute atomic E-state index is 0.238. The molecule has 0 unspecified atom stereocenters. The van der Waals surface area contributed by atoms with Crippen molar-refractivity contribution in [3.63, 3.8) is 0 Å². The van der Waals surface area contributed by atoms with Gasteiger partial charge >= 0.3 is 0 Å². The number of aryl methyl sites for hydroxylation is 1. The summed E-state index contributed by atoms with van der Waals surface area (Å²) in [5.74, 6) is 0.974. The molecule has 2 N–H and O–H groups in total. The first-order valence-electron chi connectivity index (χ1n) is 6.54. The van der Waals surface area contributed by atoms with Crippen LogP contribution in [0.15, 0.2) is 24.3 Å². The van der Waals surface area contributed by atoms with E-state index in [-0.39, 0.29) is 5.54 Å². The summed E-state index contributed by atoms with van der Waals surface area (Å²) in [5, 5.41) is 0. The molecule has 0 aromatic heterocycles. The second-order valence-electron chi connectivity index (χ2n) is 5.36. The van der Waals surface area contributed by atoms with Gasteiger partial charge in [0.05, 0.1) is 13.2 Å². The van der Waals surface area contributed by atoms with Crippen molar-refractivity contribution in [2.75, 3.05) is 19.8 Å². The summed E-state index contributed by atoms with van der Waals surface area (Å²) in [6.07, 6.45) is 2.00. The van der Waals surface area contributed by atoms with Crippen LogP contribution in [-0.4, -0.2) is 25.4 Å². The Kier molecular flexibility index (Phi) is 6.16. The Morgan fingerprint density at radius 2 is 1.78 bits per heavy atom. The normalized spacial score (nSPS) is 11.6. The Hall–Kier alpha value is -1.06. The predicted molar refractivity (Wildman–Crippen MR) is 75.0 cm³/mol. The van der Waals surface area contributed by atoms with E-state index in [1.165, 1.54) is 5.56 Å². The number of ether oxygens (including phenoxy) is 2. The zero-order valence-electron chi connectivity index (χ0n) is 11.7. The molecule has 0 aliphatic heterocycles. The van der Waals surface area contributed by atoms with Crippen molar-refractivity contribution in [2.24, 2.45) is 5.73 Å². The van der Waals surface area contributed by atoms with Gasteiger partial charge in [-0.3, -0.25) is 0 Å². The molecule has 0 fully saturated rings. The first-order valence-corrected chi connectivity index (χ1v) is 6.54. The number of hydrogen-bond donors (Lipinski definition) is 1. The monoisotopic (exact) mass is 251 g/mol. The van der Waals surface area contributed by atoms with E-state index in [0.29, 0.717) is 6.61 Å². The highest BCUT2D eigenvalue weighted by atomic mass is 16.5. The smallest absolute Gasteiger partial charge is 0.122 e. The second-order valence-corrected chi connectivity index (χ2v) is 5.36. The first kappa shape index (κ1) is 15.0. The molecule has 0 bridgehead atoms. The Labute approximate surface area is 110 Å². The fourth-order valence-corrected chi connectivity index (χ4v) is 1.54. The average Bonchev–Trinajstić information content (AvgIpc) is 2.28. The maximum absolute atomic E-state index is 5.82. The second kappa shape index (κ2) is 7.39. The Morgan fingerprint density at radius 1 is 1.11 bits per heavy atom. The molecule has 3 nitrogen and oxygen atoms in total. The van der Waals surface area contributed by atoms with E-state index in [9.17, 15) is 0 Å². The molecule has 1 rings (SSSR count). The largest absolute Gasteiger partial charge is 0.493 e. The van der Waals surface area contributed by atoms with E-state index in [0.717, 1.165) is 31.8 Å². The van der Waals surface area contributed by atoms with Crippen molar-refractivity contribution in [3.8, 4) is 5.75 Å². The van der Waals surface area contributed by atoms with Gasteiger partial charge in [-0.1, -0.05) is 18.2 Å². The van der Waals surface area contributed by atoms with E-state index in [1.807, 2.05) is 32.0 Å². The molecular weight excluding hydrogens is 226 g/mol. The molecule has 0 amide bonds. The molecule has 0 saturated carbocycles. The maximum Gasteiger partial charge on any atom is 0.122 e. The third kappa shape index (κ3) is 6.62. The van der Waals surface area contributed by atoms with Gasteiger partial charge in [0.25, 0.3) is 0 Å². The van der Waals surface area contributed by atoms with Crippen LogP contribution in [0.2, 0.25) is 0 Å². The summed E-state index contributed by atoms with van der Waals surface area (Å²) in [4.78, 5) is 0. The Bertz CT molecular complexity index is 345. The summed E-state index contributed by atoms with van der Waals surface area (Å²) in [5.41, 5.74) is 6.76. The van der Waals surface area contributed by atoms with Crippen LogP contribution >= 0.6 is 0 Å². The molecule has 0 heterocycles. The SMILES string of the molecule is Cc1ccccc1OCCCCOCC(C)(C)N. The van der Waals surface area contributed by atoms with Crippen molar-refractivity contribution in [1.29, 1.82) is 0 Å². The number of unbranched alkanes of at least 4 members (excludes halogenated alkanes) is 1. The standard InChI is InChI=1S/C15H25NO2/c1-13-8-4-5-9-14(13)18-11-7-6-10-17-12-15(2,3)16/h4-5,8-9H,6-7,10-12,16H2,1-3H3. The van der Waals surface area contributed by atoms with Crippen LogP contribution < -0.4 is 10.5 Å². The number of hydrogen-bond acceptors (Lipinski definition) is 3. The third-order valence-corrected chi connectivity index (χ3v) is 2.51. The summed E-state index contributed by atoms with van der Waals surface area (Å²) in [7, 11) is 0. The highest BCUT2D eigenvalue weighted by Crippen LogP contribution is 2.16. The van der Waals surface area contributed by atoms with Gasteiger partial charge in [-0.15, -0.1) is 0 Å². The van der Waals surface area contributed by atoms with E-state index in [4.69, 9.17) is 15.2 Å². The van der Waals surface area contributed by atoms with Crippen LogP contribution in [-0.2, 0) is 4.74 Å². The van der Waals surface area contributed by atoms with Gasteiger partial charge in [0.15, 0.2) is 0 Å². The van der Waals surface area contributed by atoms with Crippen LogP contribution in [0, 0.1) is 6.92 Å². The highest BCUT2D eigenvalue weighted by molar-refractivity contribution is 5.31. The van der Waals surface area contributed by atoms with Crippen LogP contribution in [0.1, 0.15) is 32.3 Å². The molecule has 0 aliphatic carbocycles. The van der Waals surface area contributed by atoms with Crippen LogP contribution in [0.25, 0.3) is 0 Å². The van der Waals surface area contributed by atoms with Crippen LogP contribution in [0.3, 0.4) is 0 Å². The van der Waals surface area contributed by atoms with Crippen molar-refractivity contribution in [3.05, 3.63) is 29.8 Å². The average molecular weight is 251 g/mol. The van der Waals surface area contributed by atoms with Gasteiger partial charge in [0, 0.05) is 12.1 Å². The summed E-state index contributed by atoms with van der Waals surface area (Å²) >= 11 is 0. The fourth-order valence-electron chi connectivity index (χ4n) is 1.54. The van der Waals surface area contributed by atoms with Gasteiger partial charge in [-0.2, -0.15) is 0 Å². The Morgan fingerprint density at radius 3 is 2.44 bits per heavy atom. The molecule has 0 spiro atoms. The zero-order chi connectivity index (χ0) is 13.4. The minimum atomic E-state index is -0.238. The predicted octanol–water partition coefficient (Wildman–Crippen LogP) is 2.91. The molecule has 0 saturated heterocycles. The van der Waals surface area contributed by atoms with Crippen molar-refractivity contribution < 1.29 is 9.47 Å². The van der Waals surface area contributed by atoms with E-state index >= 15 is 0 Å². The molecule has 18 heavy (non-hydrogen) atoms. The minimum Gasteiger partial charge on any atom is -0.493 e. The lowest BCUT2D eigenvalue weighted by atomic mass is 10.1. The third-order valence-electron chi connectivity index (χ3n) is 2.51. The number of rotatable bonds is 8. The molecule has 1 aromatic carbocycles. The van der Waals surface area contributed by atoms with Gasteiger partial charge in [0.1, 0.15) is 5.75 Å². The number of nitrogens with two attached hydrogens (primary N) is 1. The molecule has 102 valence electrons. The lowest BCUT2D eigenvalue weighted by Gasteiger charge is -2.18. The highest BCUT2D eigenvalue weighted by Gasteiger charge is 2.09. The Balaban J connectivity index is 2.04. The van der Waals surface area contributed by atoms with Gasteiger partial charge in [0.2, 0.25) is 0 Å². The van der Waals surface area contributed by atoms with Gasteiger partial charge < -0.3 is 15.2 Å². The molecule has 0 aliphatic rings. The van der Waals surface area contributed by atoms with Gasteiger partial charge in [-0.05, 0) is 45.2 Å². The first-order chi connectivity index (χ1) is 8.49. The summed E-state index contributed by atoms with van der Waals surface area (Å²) < 4.78 is 11.2. The number of benzene rings is 1. The zero-order valence-corrected chi connectivity index (χ0v) is 11.7.